The molecule has 1 heterocycles. The molecule has 200 valence electrons. The summed E-state index contributed by atoms with van der Waals surface area (Å²) in [6.45, 7) is 2.99. The Labute approximate surface area is 223 Å². The molecule has 0 aromatic heterocycles. The number of anilines is 2. The Morgan fingerprint density at radius 3 is 2.50 bits per heavy atom. The van der Waals surface area contributed by atoms with E-state index in [9.17, 15) is 18.0 Å². The lowest BCUT2D eigenvalue weighted by molar-refractivity contribution is -0.121. The van der Waals surface area contributed by atoms with Crippen molar-refractivity contribution in [3.63, 3.8) is 0 Å². The van der Waals surface area contributed by atoms with Gasteiger partial charge in [0, 0.05) is 31.9 Å². The minimum absolute atomic E-state index is 0.0411. The van der Waals surface area contributed by atoms with E-state index in [1.54, 1.807) is 23.1 Å². The highest BCUT2D eigenvalue weighted by Gasteiger charge is 2.26. The second kappa shape index (κ2) is 11.7. The van der Waals surface area contributed by atoms with E-state index in [-0.39, 0.29) is 17.4 Å². The van der Waals surface area contributed by atoms with Crippen LogP contribution in [0.5, 0.6) is 11.5 Å². The first-order valence-electron chi connectivity index (χ1n) is 12.3. The minimum Gasteiger partial charge on any atom is -0.493 e. The number of nitrogens with one attached hydrogen (secondary N) is 1. The van der Waals surface area contributed by atoms with E-state index in [1.165, 1.54) is 38.4 Å². The first kappa shape index (κ1) is 27.2. The number of amides is 2. The Morgan fingerprint density at radius 1 is 1.05 bits per heavy atom. The summed E-state index contributed by atoms with van der Waals surface area (Å²) in [4.78, 5) is 27.2. The number of fused-ring (bicyclic) bond motifs is 1. The zero-order valence-corrected chi connectivity index (χ0v) is 22.5. The quantitative estimate of drug-likeness (QED) is 0.391. The highest BCUT2D eigenvalue weighted by atomic mass is 32.2. The van der Waals surface area contributed by atoms with Crippen molar-refractivity contribution in [1.29, 1.82) is 0 Å². The monoisotopic (exact) mass is 537 g/mol. The standard InChI is InChI=1S/C28H31N3O6S/c1-20-8-4-5-9-25(20)36-17-7-6-16-31-24-18-22(12-15-26(24)37-19-27(31)32)29-28(33)21-10-13-23(14-11-21)38(34,35)30(2)3/h4-5,8-15,18H,6-7,16-17,19H2,1-3H3,(H,29,33). The molecular weight excluding hydrogens is 506 g/mol. The normalized spacial score (nSPS) is 13.2. The Balaban J connectivity index is 1.39. The first-order chi connectivity index (χ1) is 18.2. The lowest BCUT2D eigenvalue weighted by atomic mass is 10.1. The maximum atomic E-state index is 12.8. The molecule has 10 heteroatoms. The number of benzene rings is 3. The van der Waals surface area contributed by atoms with Gasteiger partial charge in [0.15, 0.2) is 6.61 Å². The van der Waals surface area contributed by atoms with Gasteiger partial charge in [-0.2, -0.15) is 0 Å². The number of rotatable bonds is 10. The van der Waals surface area contributed by atoms with E-state index in [4.69, 9.17) is 9.47 Å². The smallest absolute Gasteiger partial charge is 0.265 e. The average Bonchev–Trinajstić information content (AvgIpc) is 2.90. The van der Waals surface area contributed by atoms with Crippen LogP contribution in [0.3, 0.4) is 0 Å². The van der Waals surface area contributed by atoms with E-state index in [2.05, 4.69) is 5.32 Å². The third-order valence-electron chi connectivity index (χ3n) is 6.18. The fourth-order valence-corrected chi connectivity index (χ4v) is 4.89. The van der Waals surface area contributed by atoms with E-state index in [0.717, 1.165) is 28.5 Å². The predicted octanol–water partition coefficient (Wildman–Crippen LogP) is 4.08. The van der Waals surface area contributed by atoms with Gasteiger partial charge in [-0.1, -0.05) is 18.2 Å². The molecule has 0 fully saturated rings. The zero-order chi connectivity index (χ0) is 27.3. The van der Waals surface area contributed by atoms with Gasteiger partial charge >= 0.3 is 0 Å². The third kappa shape index (κ3) is 6.15. The molecule has 0 aliphatic carbocycles. The fraction of sp³-hybridized carbons (Fsp3) is 0.286. The SMILES string of the molecule is Cc1ccccc1OCCCCN1C(=O)COc2ccc(NC(=O)c3ccc(S(=O)(=O)N(C)C)cc3)cc21. The molecule has 3 aromatic rings. The van der Waals surface area contributed by atoms with Crippen molar-refractivity contribution >= 4 is 33.2 Å². The van der Waals surface area contributed by atoms with Crippen LogP contribution in [-0.2, 0) is 14.8 Å². The van der Waals surface area contributed by atoms with E-state index in [1.807, 2.05) is 31.2 Å². The summed E-state index contributed by atoms with van der Waals surface area (Å²) in [7, 11) is -0.690. The topological polar surface area (TPSA) is 105 Å². The molecule has 3 aromatic carbocycles. The third-order valence-corrected chi connectivity index (χ3v) is 8.01. The molecule has 9 nitrogen and oxygen atoms in total. The predicted molar refractivity (Wildman–Crippen MR) is 145 cm³/mol. The lowest BCUT2D eigenvalue weighted by Gasteiger charge is -2.30. The average molecular weight is 538 g/mol. The molecule has 0 atom stereocenters. The summed E-state index contributed by atoms with van der Waals surface area (Å²) >= 11 is 0. The summed E-state index contributed by atoms with van der Waals surface area (Å²) < 4.78 is 37.1. The summed E-state index contributed by atoms with van der Waals surface area (Å²) in [5, 5.41) is 2.81. The second-order valence-corrected chi connectivity index (χ2v) is 11.3. The van der Waals surface area contributed by atoms with Crippen molar-refractivity contribution < 1.29 is 27.5 Å². The Kier molecular flexibility index (Phi) is 8.33. The number of sulfonamides is 1. The number of nitrogens with zero attached hydrogens (tertiary/aromatic N) is 2. The molecule has 2 amide bonds. The van der Waals surface area contributed by atoms with E-state index in [0.29, 0.717) is 35.8 Å². The van der Waals surface area contributed by atoms with Crippen LogP contribution in [-0.4, -0.2) is 58.4 Å². The number of para-hydroxylation sites is 1. The molecule has 0 spiro atoms. The van der Waals surface area contributed by atoms with Gasteiger partial charge in [-0.3, -0.25) is 9.59 Å². The lowest BCUT2D eigenvalue weighted by Crippen LogP contribution is -2.39. The molecule has 4 rings (SSSR count). The van der Waals surface area contributed by atoms with Crippen LogP contribution in [0.1, 0.15) is 28.8 Å². The van der Waals surface area contributed by atoms with Crippen molar-refractivity contribution in [2.24, 2.45) is 0 Å². The van der Waals surface area contributed by atoms with Crippen molar-refractivity contribution in [2.45, 2.75) is 24.7 Å². The zero-order valence-electron chi connectivity index (χ0n) is 21.6. The van der Waals surface area contributed by atoms with Crippen LogP contribution >= 0.6 is 0 Å². The van der Waals surface area contributed by atoms with Crippen LogP contribution in [0.25, 0.3) is 0 Å². The van der Waals surface area contributed by atoms with Crippen molar-refractivity contribution in [1.82, 2.24) is 4.31 Å². The van der Waals surface area contributed by atoms with Crippen LogP contribution < -0.4 is 19.7 Å². The van der Waals surface area contributed by atoms with Gasteiger partial charge in [-0.15, -0.1) is 0 Å². The number of hydrogen-bond donors (Lipinski definition) is 1. The molecule has 0 saturated heterocycles. The molecule has 1 aliphatic heterocycles. The Morgan fingerprint density at radius 2 is 1.79 bits per heavy atom. The molecule has 38 heavy (non-hydrogen) atoms. The number of carbonyl (C=O) groups is 2. The van der Waals surface area contributed by atoms with Crippen molar-refractivity contribution in [3.8, 4) is 11.5 Å². The van der Waals surface area contributed by atoms with Crippen molar-refractivity contribution in [3.05, 3.63) is 77.9 Å². The number of aryl methyl sites for hydroxylation is 1. The largest absolute Gasteiger partial charge is 0.493 e. The van der Waals surface area contributed by atoms with E-state index >= 15 is 0 Å². The molecule has 0 saturated carbocycles. The summed E-state index contributed by atoms with van der Waals surface area (Å²) in [6, 6.07) is 18.7. The Hall–Kier alpha value is -3.89. The summed E-state index contributed by atoms with van der Waals surface area (Å²) in [5.74, 6) is 0.867. The minimum atomic E-state index is -3.59. The van der Waals surface area contributed by atoms with Gasteiger partial charge in [0.05, 0.1) is 17.2 Å². The number of unbranched alkanes of at least 4 members (excludes halogenated alkanes) is 1. The molecule has 1 aliphatic rings. The molecule has 0 unspecified atom stereocenters. The van der Waals surface area contributed by atoms with Crippen LogP contribution in [0, 0.1) is 6.92 Å². The number of hydrogen-bond acceptors (Lipinski definition) is 6. The van der Waals surface area contributed by atoms with Gasteiger partial charge < -0.3 is 19.7 Å². The van der Waals surface area contributed by atoms with Crippen LogP contribution in [0.2, 0.25) is 0 Å². The highest BCUT2D eigenvalue weighted by molar-refractivity contribution is 7.89. The van der Waals surface area contributed by atoms with Gasteiger partial charge in [-0.25, -0.2) is 12.7 Å². The summed E-state index contributed by atoms with van der Waals surface area (Å²) in [5.41, 5.74) is 2.46. The fourth-order valence-electron chi connectivity index (χ4n) is 3.99. The first-order valence-corrected chi connectivity index (χ1v) is 13.7. The summed E-state index contributed by atoms with van der Waals surface area (Å²) in [6.07, 6.45) is 1.50. The molecular formula is C28H31N3O6S. The van der Waals surface area contributed by atoms with Gasteiger partial charge in [0.1, 0.15) is 11.5 Å². The van der Waals surface area contributed by atoms with E-state index < -0.39 is 15.9 Å². The molecule has 0 bridgehead atoms. The van der Waals surface area contributed by atoms with Gasteiger partial charge in [0.25, 0.3) is 11.8 Å². The number of ether oxygens (including phenoxy) is 2. The van der Waals surface area contributed by atoms with Crippen LogP contribution in [0.15, 0.2) is 71.6 Å². The maximum absolute atomic E-state index is 12.8. The highest BCUT2D eigenvalue weighted by Crippen LogP contribution is 2.35. The van der Waals surface area contributed by atoms with Crippen molar-refractivity contribution in [2.75, 3.05) is 44.1 Å². The van der Waals surface area contributed by atoms with Crippen LogP contribution in [0.4, 0.5) is 11.4 Å². The molecule has 1 N–H and O–H groups in total. The number of carbonyl (C=O) groups excluding carboxylic acids is 2. The Bertz CT molecular complexity index is 1420. The second-order valence-electron chi connectivity index (χ2n) is 9.10. The molecule has 0 radical (unpaired) electrons. The maximum Gasteiger partial charge on any atom is 0.265 e. The van der Waals surface area contributed by atoms with Gasteiger partial charge in [-0.05, 0) is 73.9 Å². The van der Waals surface area contributed by atoms with Gasteiger partial charge in [0.2, 0.25) is 10.0 Å².